The van der Waals surface area contributed by atoms with E-state index in [1.165, 1.54) is 22.5 Å². The first-order chi connectivity index (χ1) is 11.2. The third-order valence-electron chi connectivity index (χ3n) is 4.05. The fourth-order valence-electron chi connectivity index (χ4n) is 2.74. The normalized spacial score (nSPS) is 18.5. The molecule has 2 heterocycles. The van der Waals surface area contributed by atoms with Gasteiger partial charge in [0.05, 0.1) is 12.8 Å². The fraction of sp³-hybridized carbons (Fsp3) is 0.600. The van der Waals surface area contributed by atoms with Crippen molar-refractivity contribution in [3.05, 3.63) is 23.7 Å². The van der Waals surface area contributed by atoms with Crippen molar-refractivity contribution < 1.29 is 22.4 Å². The Bertz CT molecular complexity index is 712. The van der Waals surface area contributed by atoms with Crippen LogP contribution in [-0.4, -0.2) is 68.9 Å². The van der Waals surface area contributed by atoms with Gasteiger partial charge in [-0.25, -0.2) is 12.7 Å². The van der Waals surface area contributed by atoms with Crippen LogP contribution in [0.25, 0.3) is 0 Å². The maximum absolute atomic E-state index is 12.6. The summed E-state index contributed by atoms with van der Waals surface area (Å²) in [6.07, 6.45) is 1.83. The highest BCUT2D eigenvalue weighted by Crippen LogP contribution is 2.21. The number of aryl methyl sites for hydroxylation is 1. The fourth-order valence-corrected chi connectivity index (χ4v) is 3.65. The molecule has 1 aliphatic heterocycles. The highest BCUT2D eigenvalue weighted by molar-refractivity contribution is 7.88. The van der Waals surface area contributed by atoms with Crippen LogP contribution in [0.2, 0.25) is 0 Å². The molecule has 1 fully saturated rings. The van der Waals surface area contributed by atoms with Crippen LogP contribution in [0, 0.1) is 12.8 Å². The summed E-state index contributed by atoms with van der Waals surface area (Å²) in [6.45, 7) is 2.74. The minimum Gasteiger partial charge on any atom is -0.456 e. The van der Waals surface area contributed by atoms with E-state index in [1.807, 2.05) is 0 Å². The lowest BCUT2D eigenvalue weighted by Gasteiger charge is -2.24. The van der Waals surface area contributed by atoms with E-state index in [0.717, 1.165) is 0 Å². The van der Waals surface area contributed by atoms with Crippen LogP contribution in [0.1, 0.15) is 22.7 Å². The van der Waals surface area contributed by atoms with Gasteiger partial charge in [-0.2, -0.15) is 0 Å². The number of nitrogens with zero attached hydrogens (tertiary/aromatic N) is 2. The molecule has 1 aliphatic rings. The minimum atomic E-state index is -3.24. The van der Waals surface area contributed by atoms with Crippen LogP contribution >= 0.6 is 0 Å². The quantitative estimate of drug-likeness (QED) is 0.776. The first-order valence-corrected chi connectivity index (χ1v) is 9.57. The van der Waals surface area contributed by atoms with Gasteiger partial charge in [-0.05, 0) is 31.4 Å². The zero-order valence-electron chi connectivity index (χ0n) is 14.1. The summed E-state index contributed by atoms with van der Waals surface area (Å²) in [6, 6.07) is 3.26. The minimum absolute atomic E-state index is 0.00982. The third-order valence-corrected chi connectivity index (χ3v) is 5.32. The molecule has 1 aromatic heterocycles. The molecule has 1 atom stereocenters. The number of nitrogens with one attached hydrogen (secondary N) is 1. The van der Waals surface area contributed by atoms with Crippen molar-refractivity contribution in [3.8, 4) is 0 Å². The number of amides is 2. The van der Waals surface area contributed by atoms with Crippen molar-refractivity contribution in [1.29, 1.82) is 0 Å². The molecule has 0 aromatic carbocycles. The Balaban J connectivity index is 2.09. The molecule has 0 saturated carbocycles. The molecule has 0 bridgehead atoms. The van der Waals surface area contributed by atoms with Gasteiger partial charge in [0.25, 0.3) is 5.91 Å². The molecule has 0 radical (unpaired) electrons. The monoisotopic (exact) mass is 357 g/mol. The Morgan fingerprint density at radius 2 is 2.12 bits per heavy atom. The van der Waals surface area contributed by atoms with Crippen molar-refractivity contribution in [2.75, 3.05) is 39.5 Å². The van der Waals surface area contributed by atoms with Crippen molar-refractivity contribution >= 4 is 21.8 Å². The topological polar surface area (TPSA) is 99.9 Å². The van der Waals surface area contributed by atoms with Crippen LogP contribution in [0.3, 0.4) is 0 Å². The van der Waals surface area contributed by atoms with Crippen molar-refractivity contribution in [2.24, 2.45) is 5.92 Å². The molecule has 2 rings (SSSR count). The second-order valence-electron chi connectivity index (χ2n) is 6.04. The Morgan fingerprint density at radius 1 is 1.42 bits per heavy atom. The maximum Gasteiger partial charge on any atom is 0.290 e. The number of furan rings is 1. The van der Waals surface area contributed by atoms with E-state index in [9.17, 15) is 18.0 Å². The van der Waals surface area contributed by atoms with Crippen LogP contribution in [-0.2, 0) is 14.8 Å². The number of carbonyl (C=O) groups excluding carboxylic acids is 2. The Hall–Kier alpha value is -1.87. The van der Waals surface area contributed by atoms with Gasteiger partial charge in [0.15, 0.2) is 5.76 Å². The molecule has 24 heavy (non-hydrogen) atoms. The zero-order chi connectivity index (χ0) is 17.9. The lowest BCUT2D eigenvalue weighted by Crippen LogP contribution is -2.42. The van der Waals surface area contributed by atoms with E-state index < -0.39 is 10.0 Å². The van der Waals surface area contributed by atoms with E-state index in [0.29, 0.717) is 31.8 Å². The highest BCUT2D eigenvalue weighted by Gasteiger charge is 2.32. The van der Waals surface area contributed by atoms with Gasteiger partial charge in [-0.15, -0.1) is 0 Å². The number of hydrogen-bond acceptors (Lipinski definition) is 5. The molecular formula is C15H23N3O5S. The van der Waals surface area contributed by atoms with Crippen LogP contribution < -0.4 is 5.32 Å². The number of sulfonamides is 1. The van der Waals surface area contributed by atoms with E-state index in [4.69, 9.17) is 4.42 Å². The third kappa shape index (κ3) is 4.57. The molecule has 0 spiro atoms. The van der Waals surface area contributed by atoms with Gasteiger partial charge in [0.1, 0.15) is 5.76 Å². The number of rotatable bonds is 6. The Kier molecular flexibility index (Phi) is 5.66. The summed E-state index contributed by atoms with van der Waals surface area (Å²) in [5.41, 5.74) is 0. The average Bonchev–Trinajstić information content (AvgIpc) is 3.14. The van der Waals surface area contributed by atoms with Crippen molar-refractivity contribution in [1.82, 2.24) is 14.5 Å². The first kappa shape index (κ1) is 18.5. The summed E-state index contributed by atoms with van der Waals surface area (Å²) in [7, 11) is -1.73. The van der Waals surface area contributed by atoms with Crippen molar-refractivity contribution in [2.45, 2.75) is 13.3 Å². The van der Waals surface area contributed by atoms with Gasteiger partial charge >= 0.3 is 0 Å². The Labute approximate surface area is 141 Å². The van der Waals surface area contributed by atoms with Gasteiger partial charge in [0, 0.05) is 26.7 Å². The summed E-state index contributed by atoms with van der Waals surface area (Å²) >= 11 is 0. The molecule has 1 saturated heterocycles. The summed E-state index contributed by atoms with van der Waals surface area (Å²) < 4.78 is 30.0. The second-order valence-corrected chi connectivity index (χ2v) is 8.03. The summed E-state index contributed by atoms with van der Waals surface area (Å²) in [4.78, 5) is 25.7. The molecule has 134 valence electrons. The molecular weight excluding hydrogens is 334 g/mol. The van der Waals surface area contributed by atoms with Crippen LogP contribution in [0.15, 0.2) is 16.5 Å². The second kappa shape index (κ2) is 7.35. The lowest BCUT2D eigenvalue weighted by molar-refractivity contribution is -0.121. The predicted octanol–water partition coefficient (Wildman–Crippen LogP) is 0.0577. The van der Waals surface area contributed by atoms with Crippen LogP contribution in [0.4, 0.5) is 0 Å². The number of likely N-dealkylation sites (N-methyl/N-ethyl adjacent to an activating group) is 1. The maximum atomic E-state index is 12.6. The van der Waals surface area contributed by atoms with Crippen molar-refractivity contribution in [3.63, 3.8) is 0 Å². The molecule has 0 aliphatic carbocycles. The van der Waals surface area contributed by atoms with Gasteiger partial charge < -0.3 is 14.6 Å². The Morgan fingerprint density at radius 3 is 2.62 bits per heavy atom. The molecule has 2 amide bonds. The van der Waals surface area contributed by atoms with E-state index >= 15 is 0 Å². The van der Waals surface area contributed by atoms with Crippen LogP contribution in [0.5, 0.6) is 0 Å². The van der Waals surface area contributed by atoms with E-state index in [-0.39, 0.29) is 30.0 Å². The molecule has 8 nitrogen and oxygen atoms in total. The summed E-state index contributed by atoms with van der Waals surface area (Å²) in [5, 5.41) is 2.50. The highest BCUT2D eigenvalue weighted by atomic mass is 32.2. The molecule has 1 aromatic rings. The lowest BCUT2D eigenvalue weighted by atomic mass is 10.1. The first-order valence-electron chi connectivity index (χ1n) is 7.72. The number of carbonyl (C=O) groups is 2. The zero-order valence-corrected chi connectivity index (χ0v) is 14.9. The SMILES string of the molecule is CNC(=O)CN(CC1CCN(S(C)(=O)=O)C1)C(=O)c1ccc(C)o1. The number of hydrogen-bond donors (Lipinski definition) is 1. The largest absolute Gasteiger partial charge is 0.456 e. The van der Waals surface area contributed by atoms with Gasteiger partial charge in [-0.3, -0.25) is 9.59 Å². The predicted molar refractivity (Wildman–Crippen MR) is 87.9 cm³/mol. The molecule has 1 N–H and O–H groups in total. The van der Waals surface area contributed by atoms with Gasteiger partial charge in [-0.1, -0.05) is 0 Å². The average molecular weight is 357 g/mol. The smallest absolute Gasteiger partial charge is 0.290 e. The standard InChI is InChI=1S/C15H23N3O5S/c1-11-4-5-13(23-11)15(20)17(10-14(19)16-2)8-12-6-7-18(9-12)24(3,21)22/h4-5,12H,6-10H2,1-3H3,(H,16,19). The molecule has 9 heteroatoms. The van der Waals surface area contributed by atoms with E-state index in [2.05, 4.69) is 5.32 Å². The summed E-state index contributed by atoms with van der Waals surface area (Å²) in [5.74, 6) is 0.121. The van der Waals surface area contributed by atoms with Gasteiger partial charge in [0.2, 0.25) is 15.9 Å². The molecule has 1 unspecified atom stereocenters. The van der Waals surface area contributed by atoms with E-state index in [1.54, 1.807) is 19.1 Å².